The molecule has 0 atom stereocenters. The van der Waals surface area contributed by atoms with E-state index in [2.05, 4.69) is 20.4 Å². The number of thiophene rings is 1. The number of anilines is 1. The number of fused-ring (bicyclic) bond motifs is 2. The van der Waals surface area contributed by atoms with Crippen molar-refractivity contribution in [2.24, 2.45) is 5.73 Å². The lowest BCUT2D eigenvalue weighted by Crippen LogP contribution is -2.18. The number of primary amides is 1. The number of nitrogens with zero attached hydrogens (tertiary/aromatic N) is 4. The summed E-state index contributed by atoms with van der Waals surface area (Å²) in [6, 6.07) is 11.3. The first kappa shape index (κ1) is 25.2. The summed E-state index contributed by atoms with van der Waals surface area (Å²) < 4.78 is 68.3. The van der Waals surface area contributed by atoms with Gasteiger partial charge in [0, 0.05) is 17.1 Å². The van der Waals surface area contributed by atoms with Crippen LogP contribution in [0.1, 0.15) is 43.7 Å². The van der Waals surface area contributed by atoms with E-state index in [9.17, 15) is 31.5 Å². The number of nitrogens with two attached hydrogens (primary N) is 1. The van der Waals surface area contributed by atoms with Gasteiger partial charge in [-0.3, -0.25) is 9.59 Å². The van der Waals surface area contributed by atoms with E-state index in [1.807, 2.05) is 0 Å². The van der Waals surface area contributed by atoms with E-state index in [1.54, 1.807) is 30.3 Å². The standard InChI is InChI=1S/C24H15F5N6O2S/c1-10-7-15(24(27,28)29)35-16(31-10)9-14(34-35)22(37)33-18-17-12(11-5-3-2-4-6-11)8-13(20(25)26)32-23(17)38-19(18)21(30)36/h2-9,20H,1H3,(H2,30,36)(H,33,37). The highest BCUT2D eigenvalue weighted by Crippen LogP contribution is 2.42. The normalized spacial score (nSPS) is 12.0. The Balaban J connectivity index is 1.68. The summed E-state index contributed by atoms with van der Waals surface area (Å²) >= 11 is 0.702. The van der Waals surface area contributed by atoms with Crippen LogP contribution in [0.5, 0.6) is 0 Å². The van der Waals surface area contributed by atoms with Gasteiger partial charge in [-0.2, -0.15) is 18.3 Å². The third-order valence-electron chi connectivity index (χ3n) is 5.53. The van der Waals surface area contributed by atoms with Gasteiger partial charge in [-0.05, 0) is 30.2 Å². The van der Waals surface area contributed by atoms with E-state index < -0.39 is 41.5 Å². The average Bonchev–Trinajstić information content (AvgIpc) is 3.44. The number of nitrogens with one attached hydrogen (secondary N) is 1. The highest BCUT2D eigenvalue weighted by molar-refractivity contribution is 7.21. The second-order valence-electron chi connectivity index (χ2n) is 8.15. The zero-order valence-electron chi connectivity index (χ0n) is 19.2. The Morgan fingerprint density at radius 3 is 2.42 bits per heavy atom. The Bertz CT molecular complexity index is 1730. The van der Waals surface area contributed by atoms with Crippen LogP contribution in [0.2, 0.25) is 0 Å². The molecule has 5 aromatic rings. The molecule has 3 N–H and O–H groups in total. The van der Waals surface area contributed by atoms with Crippen LogP contribution >= 0.6 is 11.3 Å². The Morgan fingerprint density at radius 2 is 1.79 bits per heavy atom. The number of aromatic nitrogens is 4. The monoisotopic (exact) mass is 546 g/mol. The van der Waals surface area contributed by atoms with Crippen LogP contribution in [0.15, 0.2) is 48.5 Å². The van der Waals surface area contributed by atoms with Crippen molar-refractivity contribution >= 4 is 44.7 Å². The van der Waals surface area contributed by atoms with E-state index in [4.69, 9.17) is 5.73 Å². The Kier molecular flexibility index (Phi) is 6.06. The minimum absolute atomic E-state index is 0.0115. The quantitative estimate of drug-likeness (QED) is 0.278. The van der Waals surface area contributed by atoms with Gasteiger partial charge in [-0.1, -0.05) is 30.3 Å². The second-order valence-corrected chi connectivity index (χ2v) is 9.15. The lowest BCUT2D eigenvalue weighted by Gasteiger charge is -2.10. The minimum Gasteiger partial charge on any atom is -0.365 e. The van der Waals surface area contributed by atoms with Crippen LogP contribution in [0, 0.1) is 6.92 Å². The smallest absolute Gasteiger partial charge is 0.365 e. The molecule has 0 radical (unpaired) electrons. The average molecular weight is 546 g/mol. The SMILES string of the molecule is Cc1cc(C(F)(F)F)n2nc(C(=O)Nc3c(C(N)=O)sc4nc(C(F)F)cc(-c5ccccc5)c34)cc2n1. The first-order valence-electron chi connectivity index (χ1n) is 10.8. The van der Waals surface area contributed by atoms with E-state index in [0.717, 1.165) is 18.2 Å². The number of hydrogen-bond acceptors (Lipinski definition) is 6. The fraction of sp³-hybridized carbons (Fsp3) is 0.125. The molecule has 0 saturated heterocycles. The first-order chi connectivity index (χ1) is 17.9. The summed E-state index contributed by atoms with van der Waals surface area (Å²) in [5.74, 6) is -1.94. The number of pyridine rings is 1. The molecular formula is C24H15F5N6O2S. The van der Waals surface area contributed by atoms with Gasteiger partial charge in [0.1, 0.15) is 21.1 Å². The van der Waals surface area contributed by atoms with Crippen molar-refractivity contribution in [3.05, 3.63) is 76.2 Å². The number of aryl methyl sites for hydroxylation is 1. The largest absolute Gasteiger partial charge is 0.433 e. The molecule has 0 spiro atoms. The molecular weight excluding hydrogens is 531 g/mol. The van der Waals surface area contributed by atoms with Gasteiger partial charge in [0.2, 0.25) is 0 Å². The minimum atomic E-state index is -4.77. The first-order valence-corrected chi connectivity index (χ1v) is 11.6. The van der Waals surface area contributed by atoms with Crippen molar-refractivity contribution in [3.8, 4) is 11.1 Å². The fourth-order valence-electron chi connectivity index (χ4n) is 3.96. The van der Waals surface area contributed by atoms with Crippen LogP contribution in [0.4, 0.5) is 27.6 Å². The molecule has 2 amide bonds. The molecule has 0 aliphatic rings. The predicted octanol–water partition coefficient (Wildman–Crippen LogP) is 5.62. The highest BCUT2D eigenvalue weighted by atomic mass is 32.1. The summed E-state index contributed by atoms with van der Waals surface area (Å²) in [5.41, 5.74) is 3.87. The Labute approximate surface area is 213 Å². The van der Waals surface area contributed by atoms with Crippen LogP contribution in [0.3, 0.4) is 0 Å². The fourth-order valence-corrected chi connectivity index (χ4v) is 4.97. The van der Waals surface area contributed by atoms with Gasteiger partial charge in [0.25, 0.3) is 18.2 Å². The van der Waals surface area contributed by atoms with E-state index in [0.29, 0.717) is 21.4 Å². The van der Waals surface area contributed by atoms with Crippen molar-refractivity contribution in [1.82, 2.24) is 19.6 Å². The third-order valence-corrected chi connectivity index (χ3v) is 6.63. The van der Waals surface area contributed by atoms with Crippen molar-refractivity contribution in [2.45, 2.75) is 19.5 Å². The molecule has 14 heteroatoms. The number of hydrogen-bond donors (Lipinski definition) is 2. The number of alkyl halides is 5. The summed E-state index contributed by atoms with van der Waals surface area (Å²) in [7, 11) is 0. The van der Waals surface area contributed by atoms with Crippen LogP contribution in [-0.4, -0.2) is 31.4 Å². The molecule has 0 bridgehead atoms. The van der Waals surface area contributed by atoms with Gasteiger partial charge in [-0.15, -0.1) is 11.3 Å². The van der Waals surface area contributed by atoms with Gasteiger partial charge >= 0.3 is 6.18 Å². The molecule has 8 nitrogen and oxygen atoms in total. The number of amides is 2. The second kappa shape index (κ2) is 9.13. The number of carbonyl (C=O) groups excluding carboxylic acids is 2. The van der Waals surface area contributed by atoms with Crippen LogP contribution < -0.4 is 11.1 Å². The summed E-state index contributed by atoms with van der Waals surface area (Å²) in [4.78, 5) is 33.2. The van der Waals surface area contributed by atoms with Crippen LogP contribution in [0.25, 0.3) is 27.0 Å². The molecule has 4 heterocycles. The van der Waals surface area contributed by atoms with Crippen molar-refractivity contribution < 1.29 is 31.5 Å². The van der Waals surface area contributed by atoms with E-state index in [-0.39, 0.29) is 37.7 Å². The molecule has 5 rings (SSSR count). The summed E-state index contributed by atoms with van der Waals surface area (Å²) in [6.07, 6.45) is -7.69. The summed E-state index contributed by atoms with van der Waals surface area (Å²) in [5, 5.41) is 6.42. The topological polar surface area (TPSA) is 115 Å². The van der Waals surface area contributed by atoms with Crippen molar-refractivity contribution in [2.75, 3.05) is 5.32 Å². The molecule has 0 saturated carbocycles. The van der Waals surface area contributed by atoms with Crippen molar-refractivity contribution in [3.63, 3.8) is 0 Å². The molecule has 0 aliphatic carbocycles. The highest BCUT2D eigenvalue weighted by Gasteiger charge is 2.35. The lowest BCUT2D eigenvalue weighted by atomic mass is 10.0. The maximum Gasteiger partial charge on any atom is 0.433 e. The van der Waals surface area contributed by atoms with Gasteiger partial charge in [0.05, 0.1) is 5.69 Å². The number of benzene rings is 1. The number of halogens is 5. The maximum atomic E-state index is 13.6. The lowest BCUT2D eigenvalue weighted by molar-refractivity contribution is -0.142. The molecule has 38 heavy (non-hydrogen) atoms. The van der Waals surface area contributed by atoms with Gasteiger partial charge in [-0.25, -0.2) is 23.3 Å². The molecule has 0 unspecified atom stereocenters. The van der Waals surface area contributed by atoms with Crippen LogP contribution in [-0.2, 0) is 6.18 Å². The predicted molar refractivity (Wildman–Crippen MR) is 129 cm³/mol. The van der Waals surface area contributed by atoms with Crippen molar-refractivity contribution in [1.29, 1.82) is 0 Å². The van der Waals surface area contributed by atoms with E-state index in [1.165, 1.54) is 6.92 Å². The van der Waals surface area contributed by atoms with E-state index >= 15 is 0 Å². The zero-order chi connectivity index (χ0) is 27.4. The summed E-state index contributed by atoms with van der Waals surface area (Å²) in [6.45, 7) is 1.37. The number of rotatable bonds is 5. The molecule has 0 fully saturated rings. The number of carbonyl (C=O) groups is 2. The van der Waals surface area contributed by atoms with Gasteiger partial charge in [0.15, 0.2) is 11.3 Å². The molecule has 4 aromatic heterocycles. The molecule has 194 valence electrons. The Morgan fingerprint density at radius 1 is 1.08 bits per heavy atom. The third kappa shape index (κ3) is 4.42. The zero-order valence-corrected chi connectivity index (χ0v) is 20.0. The molecule has 0 aliphatic heterocycles. The Hall–Kier alpha value is -4.46. The molecule has 1 aromatic carbocycles. The van der Waals surface area contributed by atoms with Gasteiger partial charge < -0.3 is 11.1 Å². The maximum absolute atomic E-state index is 13.6.